The van der Waals surface area contributed by atoms with Gasteiger partial charge in [-0.3, -0.25) is 0 Å². The Morgan fingerprint density at radius 1 is 0.245 bits per heavy atom. The molecule has 14 heteroatoms. The number of nitrogens with zero attached hydrogens (tertiary/aromatic N) is 4. The minimum atomic E-state index is -0.384. The second-order valence-electron chi connectivity index (χ2n) is 26.5. The summed E-state index contributed by atoms with van der Waals surface area (Å²) in [4.78, 5) is 9.33. The quantitative estimate of drug-likeness (QED) is 0.125. The highest BCUT2D eigenvalue weighted by molar-refractivity contribution is 7.34. The van der Waals surface area contributed by atoms with Gasteiger partial charge in [-0.1, -0.05) is 164 Å². The summed E-state index contributed by atoms with van der Waals surface area (Å²) in [7, 11) is 0. The summed E-state index contributed by atoms with van der Waals surface area (Å²) in [6.07, 6.45) is 0. The predicted molar refractivity (Wildman–Crippen MR) is 422 cm³/mol. The first-order valence-electron chi connectivity index (χ1n) is 34.4. The molecule has 6 aliphatic rings. The van der Waals surface area contributed by atoms with Crippen LogP contribution in [0.1, 0.15) is 0 Å². The number of anilines is 12. The average Bonchev–Trinajstić information content (AvgIpc) is 1.13. The molecule has 0 saturated heterocycles. The maximum absolute atomic E-state index is 7.74. The summed E-state index contributed by atoms with van der Waals surface area (Å²) in [6.45, 7) is -0.889. The Morgan fingerprint density at radius 3 is 1.00 bits per heavy atom. The number of ether oxygens (including phenoxy) is 5. The normalized spacial score (nSPS) is 13.2. The zero-order chi connectivity index (χ0) is 66.7. The van der Waals surface area contributed by atoms with Crippen molar-refractivity contribution in [2.75, 3.05) is 19.6 Å². The molecule has 22 rings (SSSR count). The fraction of sp³-hybridized carbons (Fsp3) is 0. The van der Waals surface area contributed by atoms with Crippen LogP contribution in [0.4, 0.5) is 68.2 Å². The van der Waals surface area contributed by atoms with Crippen LogP contribution >= 0.6 is 22.7 Å². The van der Waals surface area contributed by atoms with Gasteiger partial charge in [0.15, 0.2) is 0 Å². The van der Waals surface area contributed by atoms with Gasteiger partial charge in [0.1, 0.15) is 57.5 Å². The van der Waals surface area contributed by atoms with Crippen molar-refractivity contribution < 1.29 is 23.7 Å². The van der Waals surface area contributed by atoms with Crippen LogP contribution in [0.15, 0.2) is 322 Å². The second-order valence-corrected chi connectivity index (χ2v) is 28.7. The van der Waals surface area contributed by atoms with E-state index in [1.165, 1.54) is 4.70 Å². The minimum Gasteiger partial charge on any atom is -0.458 e. The summed E-state index contributed by atoms with van der Waals surface area (Å²) in [5, 5.41) is 2.17. The number of benzene rings is 14. The van der Waals surface area contributed by atoms with E-state index in [1.807, 2.05) is 11.3 Å². The molecule has 6 aliphatic heterocycles. The molecule has 102 heavy (non-hydrogen) atoms. The molecule has 2 aromatic heterocycles. The third-order valence-electron chi connectivity index (χ3n) is 20.8. The molecule has 0 bridgehead atoms. The van der Waals surface area contributed by atoms with Crippen molar-refractivity contribution in [3.63, 3.8) is 0 Å². The summed E-state index contributed by atoms with van der Waals surface area (Å²) >= 11 is 3.61. The van der Waals surface area contributed by atoms with Crippen LogP contribution in [-0.2, 0) is 0 Å². The van der Waals surface area contributed by atoms with E-state index in [9.17, 15) is 0 Å². The number of thiophene rings is 2. The molecule has 16 aromatic rings. The van der Waals surface area contributed by atoms with E-state index >= 15 is 0 Å². The second kappa shape index (κ2) is 22.5. The van der Waals surface area contributed by atoms with Gasteiger partial charge in [0.05, 0.1) is 17.1 Å². The Balaban J connectivity index is 0.792. The van der Waals surface area contributed by atoms with E-state index in [2.05, 4.69) is 341 Å². The van der Waals surface area contributed by atoms with Crippen LogP contribution in [0.2, 0.25) is 0 Å². The monoisotopic (exact) mass is 1340 g/mol. The highest BCUT2D eigenvalue weighted by Crippen LogP contribution is 2.52. The Morgan fingerprint density at radius 2 is 0.569 bits per heavy atom. The van der Waals surface area contributed by atoms with Gasteiger partial charge < -0.3 is 43.3 Å². The molecular weight excluding hydrogens is 1290 g/mol. The minimum absolute atomic E-state index is 0.245. The van der Waals surface area contributed by atoms with Crippen LogP contribution in [0, 0.1) is 0 Å². The molecule has 0 radical (unpaired) electrons. The first-order valence-corrected chi connectivity index (χ1v) is 36.1. The molecule has 0 fully saturated rings. The highest BCUT2D eigenvalue weighted by atomic mass is 32.1. The van der Waals surface area contributed by atoms with E-state index in [0.717, 1.165) is 172 Å². The number of para-hydroxylation sites is 7. The first-order chi connectivity index (χ1) is 50.6. The zero-order valence-electron chi connectivity index (χ0n) is 54.5. The number of hydrogen-bond donors (Lipinski definition) is 0. The van der Waals surface area contributed by atoms with Gasteiger partial charge in [-0.15, -0.1) is 22.7 Å². The van der Waals surface area contributed by atoms with Crippen molar-refractivity contribution in [3.05, 3.63) is 322 Å². The van der Waals surface area contributed by atoms with E-state index < -0.39 is 0 Å². The largest absolute Gasteiger partial charge is 0.458 e. The summed E-state index contributed by atoms with van der Waals surface area (Å²) in [5.74, 6) is 7.63. The molecule has 0 amide bonds. The Labute approximate surface area is 597 Å². The average molecular weight is 1340 g/mol. The summed E-state index contributed by atoms with van der Waals surface area (Å²) < 4.78 is 42.3. The number of hydrogen-bond acceptors (Lipinski definition) is 11. The van der Waals surface area contributed by atoms with Crippen LogP contribution in [0.3, 0.4) is 0 Å². The van der Waals surface area contributed by atoms with Gasteiger partial charge >= 0.3 is 0 Å². The molecule has 0 unspecified atom stereocenters. The van der Waals surface area contributed by atoms with Crippen molar-refractivity contribution in [3.8, 4) is 57.5 Å². The Kier molecular flexibility index (Phi) is 12.6. The van der Waals surface area contributed by atoms with E-state index in [-0.39, 0.29) is 20.1 Å². The van der Waals surface area contributed by atoms with Crippen LogP contribution in [0.25, 0.3) is 20.2 Å². The standard InChI is InChI=1S/C88H53B3N4O5S2/c1-8-26-54(27-9-1)92(55-28-10-2-11-29-55)61-44-71-82-75(45-61)99-85-64-40-22-24-42-80(64)101-87(85)90(82)66-50-67-72(52-70(66)95(71)60-38-20-7-21-39-60)96-76-46-62(93(56-30-12-3-13-31-56)57-32-14-4-15-33-57)47-77-83(76)89(67)68-51-69-74(53-73(68)97-77)98-78-48-63(94(58-34-16-5-17-35-58)59-36-18-6-19-37-59)49-79-84(78)91(69)88-86(100-79)65-41-23-25-43-81(65)102-88/h1-53H. The highest BCUT2D eigenvalue weighted by Gasteiger charge is 2.50. The molecule has 9 nitrogen and oxygen atoms in total. The van der Waals surface area contributed by atoms with Gasteiger partial charge in [-0.25, -0.2) is 0 Å². The number of rotatable bonds is 10. The van der Waals surface area contributed by atoms with Gasteiger partial charge in [0, 0.05) is 134 Å². The maximum atomic E-state index is 7.74. The third-order valence-corrected chi connectivity index (χ3v) is 23.2. The van der Waals surface area contributed by atoms with Crippen molar-refractivity contribution in [2.24, 2.45) is 0 Å². The molecule has 0 spiro atoms. The molecule has 14 aromatic carbocycles. The molecule has 0 atom stereocenters. The third kappa shape index (κ3) is 8.73. The fourth-order valence-electron chi connectivity index (χ4n) is 16.6. The van der Waals surface area contributed by atoms with E-state index in [1.54, 1.807) is 11.3 Å². The smallest absolute Gasteiger partial charge is 0.273 e. The molecular formula is C88H53B3N4O5S2. The van der Waals surface area contributed by atoms with Gasteiger partial charge in [-0.2, -0.15) is 0 Å². The number of fused-ring (bicyclic) bond motifs is 16. The lowest BCUT2D eigenvalue weighted by atomic mass is 9.31. The topological polar surface area (TPSA) is 59.1 Å². The lowest BCUT2D eigenvalue weighted by Gasteiger charge is -2.42. The van der Waals surface area contributed by atoms with Crippen LogP contribution in [-0.4, -0.2) is 20.1 Å². The van der Waals surface area contributed by atoms with Crippen molar-refractivity contribution in [1.82, 2.24) is 0 Å². The summed E-state index contributed by atoms with van der Waals surface area (Å²) in [6, 6.07) is 114. The Hall–Kier alpha value is -12.6. The lowest BCUT2D eigenvalue weighted by molar-refractivity contribution is 0.453. The van der Waals surface area contributed by atoms with Crippen LogP contribution < -0.4 is 91.1 Å². The fourth-order valence-corrected chi connectivity index (χ4v) is 19.1. The van der Waals surface area contributed by atoms with E-state index in [0.29, 0.717) is 17.2 Å². The van der Waals surface area contributed by atoms with Gasteiger partial charge in [0.2, 0.25) is 0 Å². The van der Waals surface area contributed by atoms with E-state index in [4.69, 9.17) is 23.7 Å². The van der Waals surface area contributed by atoms with Gasteiger partial charge in [0.25, 0.3) is 20.1 Å². The van der Waals surface area contributed by atoms with Gasteiger partial charge in [-0.05, 0) is 143 Å². The van der Waals surface area contributed by atoms with Crippen molar-refractivity contribution >= 4 is 179 Å². The SMILES string of the molecule is c1ccc(N(c2ccccc2)c2cc3c4c(c2)Oc2cc5c(cc2B4c2cc4c(cc2O3)Oc2cc(N(c3ccccc3)c3ccccc3)cc3c2B4c2sc4ccccc4c2O3)B2c3sc4ccccc4c3Oc3cc(N(c4ccccc4)c4ccccc4)cc(c32)N5c2ccccc2)cc1. The summed E-state index contributed by atoms with van der Waals surface area (Å²) in [5.41, 5.74) is 19.2. The Bertz CT molecular complexity index is 6000. The molecule has 476 valence electrons. The lowest BCUT2D eigenvalue weighted by Crippen LogP contribution is -2.63. The first kappa shape index (κ1) is 57.3. The molecule has 8 heterocycles. The molecule has 0 aliphatic carbocycles. The molecule has 0 saturated carbocycles. The molecule has 0 N–H and O–H groups in total. The maximum Gasteiger partial charge on any atom is 0.273 e. The van der Waals surface area contributed by atoms with Crippen molar-refractivity contribution in [2.45, 2.75) is 0 Å². The zero-order valence-corrected chi connectivity index (χ0v) is 56.1. The predicted octanol–water partition coefficient (Wildman–Crippen LogP) is 18.4. The van der Waals surface area contributed by atoms with Crippen LogP contribution in [0.5, 0.6) is 57.5 Å². The van der Waals surface area contributed by atoms with Crippen molar-refractivity contribution in [1.29, 1.82) is 0 Å².